The molecule has 0 spiro atoms. The SMILES string of the molecule is CN(C)P1CCC(N(C)C)(N(C)C)C1=N. The van der Waals surface area contributed by atoms with E-state index >= 15 is 0 Å². The number of hydrogen-bond acceptors (Lipinski definition) is 4. The molecule has 1 rings (SSSR count). The summed E-state index contributed by atoms with van der Waals surface area (Å²) in [6, 6.07) is 0. The van der Waals surface area contributed by atoms with Gasteiger partial charge in [0.05, 0.1) is 5.45 Å². The number of nitrogens with zero attached hydrogens (tertiary/aromatic N) is 3. The van der Waals surface area contributed by atoms with E-state index in [1.807, 2.05) is 0 Å². The Bertz CT molecular complexity index is 242. The summed E-state index contributed by atoms with van der Waals surface area (Å²) in [6.45, 7) is 0. The van der Waals surface area contributed by atoms with Crippen molar-refractivity contribution < 1.29 is 0 Å². The zero-order valence-electron chi connectivity index (χ0n) is 10.7. The molecule has 0 aromatic carbocycles. The van der Waals surface area contributed by atoms with Crippen LogP contribution >= 0.6 is 8.07 Å². The maximum Gasteiger partial charge on any atom is 0.118 e. The number of nitrogens with one attached hydrogen (secondary N) is 1. The van der Waals surface area contributed by atoms with Crippen LogP contribution in [-0.2, 0) is 0 Å². The highest BCUT2D eigenvalue weighted by Gasteiger charge is 2.48. The van der Waals surface area contributed by atoms with Crippen LogP contribution in [-0.4, -0.2) is 74.0 Å². The summed E-state index contributed by atoms with van der Waals surface area (Å²) in [4.78, 5) is 4.36. The molecule has 88 valence electrons. The van der Waals surface area contributed by atoms with Crippen molar-refractivity contribution in [3.63, 3.8) is 0 Å². The third-order valence-corrected chi connectivity index (χ3v) is 5.76. The van der Waals surface area contributed by atoms with Crippen LogP contribution in [0.4, 0.5) is 0 Å². The van der Waals surface area contributed by atoms with Gasteiger partial charge in [-0.2, -0.15) is 0 Å². The highest BCUT2D eigenvalue weighted by molar-refractivity contribution is 7.73. The molecule has 0 saturated carbocycles. The van der Waals surface area contributed by atoms with E-state index in [1.54, 1.807) is 0 Å². The summed E-state index contributed by atoms with van der Waals surface area (Å²) < 4.78 is 2.21. The van der Waals surface area contributed by atoms with Crippen molar-refractivity contribution in [1.29, 1.82) is 5.41 Å². The molecule has 0 bridgehead atoms. The van der Waals surface area contributed by atoms with Crippen molar-refractivity contribution in [2.45, 2.75) is 12.1 Å². The predicted octanol–water partition coefficient (Wildman–Crippen LogP) is 1.15. The van der Waals surface area contributed by atoms with Gasteiger partial charge >= 0.3 is 0 Å². The van der Waals surface area contributed by atoms with E-state index < -0.39 is 0 Å². The summed E-state index contributed by atoms with van der Waals surface area (Å²) in [5.74, 6) is 0. The molecule has 1 saturated heterocycles. The van der Waals surface area contributed by atoms with Crippen LogP contribution in [0.25, 0.3) is 0 Å². The van der Waals surface area contributed by atoms with E-state index in [-0.39, 0.29) is 13.7 Å². The van der Waals surface area contributed by atoms with Gasteiger partial charge in [-0.25, -0.2) is 0 Å². The number of rotatable bonds is 3. The summed E-state index contributed by atoms with van der Waals surface area (Å²) in [6.07, 6.45) is 2.20. The van der Waals surface area contributed by atoms with Gasteiger partial charge in [0, 0.05) is 8.07 Å². The minimum atomic E-state index is -0.385. The molecule has 1 atom stereocenters. The molecule has 0 amide bonds. The van der Waals surface area contributed by atoms with Gasteiger partial charge in [0.15, 0.2) is 0 Å². The zero-order chi connectivity index (χ0) is 11.8. The highest BCUT2D eigenvalue weighted by atomic mass is 31.1. The van der Waals surface area contributed by atoms with E-state index in [9.17, 15) is 0 Å². The Morgan fingerprint density at radius 3 is 1.73 bits per heavy atom. The fourth-order valence-electron chi connectivity index (χ4n) is 2.37. The molecule has 1 heterocycles. The third-order valence-electron chi connectivity index (χ3n) is 3.27. The molecule has 0 radical (unpaired) electrons. The Hall–Kier alpha value is -0.0200. The van der Waals surface area contributed by atoms with Crippen molar-refractivity contribution in [1.82, 2.24) is 14.5 Å². The second-order valence-electron chi connectivity index (χ2n) is 4.67. The predicted molar refractivity (Wildman–Crippen MR) is 67.9 cm³/mol. The molecule has 1 aliphatic rings. The Labute approximate surface area is 94.5 Å². The lowest BCUT2D eigenvalue weighted by Gasteiger charge is -2.42. The molecule has 5 heteroatoms. The minimum Gasteiger partial charge on any atom is -0.300 e. The van der Waals surface area contributed by atoms with Crippen LogP contribution in [0.5, 0.6) is 0 Å². The van der Waals surface area contributed by atoms with E-state index in [0.717, 1.165) is 18.0 Å². The highest BCUT2D eigenvalue weighted by Crippen LogP contribution is 2.53. The first-order valence-corrected chi connectivity index (χ1v) is 6.70. The van der Waals surface area contributed by atoms with Crippen LogP contribution in [0, 0.1) is 5.41 Å². The smallest absolute Gasteiger partial charge is 0.118 e. The van der Waals surface area contributed by atoms with E-state index in [0.29, 0.717) is 0 Å². The Morgan fingerprint density at radius 2 is 1.53 bits per heavy atom. The second-order valence-corrected chi connectivity index (χ2v) is 7.17. The monoisotopic (exact) mass is 230 g/mol. The molecule has 0 aromatic rings. The van der Waals surface area contributed by atoms with Gasteiger partial charge in [0.1, 0.15) is 5.66 Å². The molecule has 1 N–H and O–H groups in total. The van der Waals surface area contributed by atoms with Crippen molar-refractivity contribution in [2.75, 3.05) is 48.4 Å². The van der Waals surface area contributed by atoms with Crippen molar-refractivity contribution >= 4 is 13.5 Å². The Balaban J connectivity index is 3.00. The third kappa shape index (κ3) is 1.96. The first kappa shape index (κ1) is 13.0. The molecule has 1 fully saturated rings. The normalized spacial score (nSPS) is 25.9. The van der Waals surface area contributed by atoms with Crippen LogP contribution in [0.1, 0.15) is 6.42 Å². The van der Waals surface area contributed by atoms with Crippen molar-refractivity contribution in [3.8, 4) is 0 Å². The molecular weight excluding hydrogens is 207 g/mol. The second kappa shape index (κ2) is 4.46. The van der Waals surface area contributed by atoms with Gasteiger partial charge in [-0.15, -0.1) is 0 Å². The molecule has 4 nitrogen and oxygen atoms in total. The summed E-state index contributed by atoms with van der Waals surface area (Å²) in [5, 5.41) is 8.41. The van der Waals surface area contributed by atoms with Crippen LogP contribution in [0.15, 0.2) is 0 Å². The fourth-order valence-corrected chi connectivity index (χ4v) is 4.84. The summed E-state index contributed by atoms with van der Waals surface area (Å²) >= 11 is 0. The maximum absolute atomic E-state index is 8.41. The quantitative estimate of drug-likeness (QED) is 0.583. The van der Waals surface area contributed by atoms with Crippen LogP contribution in [0.2, 0.25) is 0 Å². The largest absolute Gasteiger partial charge is 0.300 e. The molecule has 15 heavy (non-hydrogen) atoms. The van der Waals surface area contributed by atoms with Gasteiger partial charge < -0.3 is 5.41 Å². The van der Waals surface area contributed by atoms with Gasteiger partial charge in [-0.3, -0.25) is 14.5 Å². The first-order valence-electron chi connectivity index (χ1n) is 5.22. The average molecular weight is 230 g/mol. The maximum atomic E-state index is 8.41. The lowest BCUT2D eigenvalue weighted by Crippen LogP contribution is -2.57. The first-order chi connectivity index (χ1) is 6.84. The minimum absolute atomic E-state index is 0.157. The molecule has 0 aliphatic carbocycles. The number of hydrogen-bond donors (Lipinski definition) is 1. The summed E-state index contributed by atoms with van der Waals surface area (Å²) in [7, 11) is 12.1. The van der Waals surface area contributed by atoms with Gasteiger partial charge in [0.25, 0.3) is 0 Å². The van der Waals surface area contributed by atoms with Gasteiger partial charge in [-0.05, 0) is 54.9 Å². The zero-order valence-corrected chi connectivity index (χ0v) is 11.6. The van der Waals surface area contributed by atoms with E-state index in [1.165, 1.54) is 0 Å². The van der Waals surface area contributed by atoms with Gasteiger partial charge in [0.2, 0.25) is 0 Å². The van der Waals surface area contributed by atoms with E-state index in [2.05, 4.69) is 56.8 Å². The fraction of sp³-hybridized carbons (Fsp3) is 0.900. The standard InChI is InChI=1S/C10H23N4P/c1-12(2)10(13(3)4)7-8-15(9(10)11)14(5)6/h11H,7-8H2,1-6H3. The van der Waals surface area contributed by atoms with E-state index in [4.69, 9.17) is 5.41 Å². The molecule has 1 unspecified atom stereocenters. The lowest BCUT2D eigenvalue weighted by molar-refractivity contribution is 0.0728. The molecular formula is C10H23N4P. The Morgan fingerprint density at radius 1 is 1.07 bits per heavy atom. The lowest BCUT2D eigenvalue weighted by atomic mass is 10.1. The average Bonchev–Trinajstić information content (AvgIpc) is 2.43. The summed E-state index contributed by atoms with van der Waals surface area (Å²) in [5.41, 5.74) is 0.730. The topological polar surface area (TPSA) is 33.6 Å². The van der Waals surface area contributed by atoms with Crippen LogP contribution in [0.3, 0.4) is 0 Å². The molecule has 0 aromatic heterocycles. The van der Waals surface area contributed by atoms with Crippen molar-refractivity contribution in [2.24, 2.45) is 0 Å². The Kier molecular flexibility index (Phi) is 3.88. The van der Waals surface area contributed by atoms with Crippen molar-refractivity contribution in [3.05, 3.63) is 0 Å². The molecule has 1 aliphatic heterocycles. The van der Waals surface area contributed by atoms with Gasteiger partial charge in [-0.1, -0.05) is 0 Å². The van der Waals surface area contributed by atoms with Crippen LogP contribution < -0.4 is 0 Å².